The number of amides is 2. The molecule has 2 aromatic carbocycles. The lowest BCUT2D eigenvalue weighted by Crippen LogP contribution is -2.34. The minimum absolute atomic E-state index is 0.230. The van der Waals surface area contributed by atoms with Crippen molar-refractivity contribution >= 4 is 46.7 Å². The van der Waals surface area contributed by atoms with Crippen LogP contribution >= 0.6 is 35.0 Å². The quantitative estimate of drug-likeness (QED) is 0.765. The van der Waals surface area contributed by atoms with Crippen LogP contribution in [-0.4, -0.2) is 23.2 Å². The summed E-state index contributed by atoms with van der Waals surface area (Å²) in [7, 11) is 0. The number of hydrogen-bond donors (Lipinski definition) is 1. The molecule has 0 aliphatic carbocycles. The van der Waals surface area contributed by atoms with Crippen LogP contribution in [0.25, 0.3) is 0 Å². The van der Waals surface area contributed by atoms with Crippen LogP contribution in [0.5, 0.6) is 0 Å². The third-order valence-corrected chi connectivity index (χ3v) is 5.37. The molecule has 0 saturated carbocycles. The Morgan fingerprint density at radius 3 is 2.61 bits per heavy atom. The maximum atomic E-state index is 13.4. The van der Waals surface area contributed by atoms with E-state index in [1.807, 2.05) is 6.07 Å². The van der Waals surface area contributed by atoms with Crippen LogP contribution in [0.15, 0.2) is 42.5 Å². The Bertz CT molecular complexity index is 724. The summed E-state index contributed by atoms with van der Waals surface area (Å²) in [5, 5.41) is 3.27. The second kappa shape index (κ2) is 6.99. The van der Waals surface area contributed by atoms with Crippen LogP contribution in [0.3, 0.4) is 0 Å². The van der Waals surface area contributed by atoms with Crippen LogP contribution in [0, 0.1) is 5.82 Å². The molecular weight excluding hydrogens is 358 g/mol. The fourth-order valence-electron chi connectivity index (χ4n) is 2.41. The van der Waals surface area contributed by atoms with Crippen LogP contribution in [0.1, 0.15) is 10.9 Å². The highest BCUT2D eigenvalue weighted by Crippen LogP contribution is 2.39. The molecule has 0 radical (unpaired) electrons. The van der Waals surface area contributed by atoms with Gasteiger partial charge in [0.1, 0.15) is 11.2 Å². The highest BCUT2D eigenvalue weighted by molar-refractivity contribution is 7.99. The van der Waals surface area contributed by atoms with E-state index in [1.165, 1.54) is 12.1 Å². The average molecular weight is 371 g/mol. The van der Waals surface area contributed by atoms with Gasteiger partial charge < -0.3 is 10.2 Å². The predicted octanol–water partition coefficient (Wildman–Crippen LogP) is 5.41. The van der Waals surface area contributed by atoms with Gasteiger partial charge in [-0.25, -0.2) is 9.18 Å². The molecule has 1 fully saturated rings. The van der Waals surface area contributed by atoms with E-state index < -0.39 is 0 Å². The number of thioether (sulfide) groups is 1. The first-order valence-electron chi connectivity index (χ1n) is 6.95. The summed E-state index contributed by atoms with van der Waals surface area (Å²) in [6.45, 7) is 0.569. The molecule has 1 aliphatic heterocycles. The van der Waals surface area contributed by atoms with Gasteiger partial charge in [-0.05, 0) is 29.8 Å². The molecule has 3 nitrogen and oxygen atoms in total. The Morgan fingerprint density at radius 2 is 1.91 bits per heavy atom. The number of nitrogens with one attached hydrogen (secondary N) is 1. The fourth-order valence-corrected chi connectivity index (χ4v) is 4.15. The van der Waals surface area contributed by atoms with Gasteiger partial charge in [0, 0.05) is 12.3 Å². The first kappa shape index (κ1) is 16.4. The Labute approximate surface area is 147 Å². The van der Waals surface area contributed by atoms with Gasteiger partial charge in [-0.3, -0.25) is 0 Å². The highest BCUT2D eigenvalue weighted by atomic mass is 35.5. The largest absolute Gasteiger partial charge is 0.323 e. The topological polar surface area (TPSA) is 32.3 Å². The van der Waals surface area contributed by atoms with E-state index in [4.69, 9.17) is 23.2 Å². The predicted molar refractivity (Wildman–Crippen MR) is 93.8 cm³/mol. The standard InChI is InChI=1S/C16H13Cl2FN2OS/c17-12-5-2-6-13(18)14(12)20-16(22)21-7-8-23-15(21)10-3-1-4-11(19)9-10/h1-6,9,15H,7-8H2,(H,20,22)/t15-/m0/s1. The molecule has 2 amide bonds. The summed E-state index contributed by atoms with van der Waals surface area (Å²) >= 11 is 13.8. The summed E-state index contributed by atoms with van der Waals surface area (Å²) < 4.78 is 13.4. The molecular formula is C16H13Cl2FN2OS. The molecule has 23 heavy (non-hydrogen) atoms. The third-order valence-electron chi connectivity index (χ3n) is 3.48. The maximum absolute atomic E-state index is 13.4. The molecule has 120 valence electrons. The summed E-state index contributed by atoms with van der Waals surface area (Å²) in [4.78, 5) is 14.2. The number of urea groups is 1. The Hall–Kier alpha value is -1.43. The monoisotopic (exact) mass is 370 g/mol. The molecule has 2 aromatic rings. The van der Waals surface area contributed by atoms with Crippen molar-refractivity contribution in [3.05, 3.63) is 63.9 Å². The van der Waals surface area contributed by atoms with Gasteiger partial charge in [-0.2, -0.15) is 0 Å². The van der Waals surface area contributed by atoms with Crippen LogP contribution in [0.4, 0.5) is 14.9 Å². The van der Waals surface area contributed by atoms with E-state index >= 15 is 0 Å². The molecule has 1 heterocycles. The van der Waals surface area contributed by atoms with Crippen molar-refractivity contribution in [2.75, 3.05) is 17.6 Å². The second-order valence-electron chi connectivity index (χ2n) is 5.00. The van der Waals surface area contributed by atoms with Gasteiger partial charge in [0.25, 0.3) is 0 Å². The minimum Gasteiger partial charge on any atom is -0.308 e. The van der Waals surface area contributed by atoms with Gasteiger partial charge in [0.2, 0.25) is 0 Å². The number of anilines is 1. The zero-order valence-corrected chi connectivity index (χ0v) is 14.3. The van der Waals surface area contributed by atoms with Crippen LogP contribution < -0.4 is 5.32 Å². The van der Waals surface area contributed by atoms with Gasteiger partial charge >= 0.3 is 6.03 Å². The second-order valence-corrected chi connectivity index (χ2v) is 7.00. The summed E-state index contributed by atoms with van der Waals surface area (Å²) in [6, 6.07) is 11.0. The molecule has 1 N–H and O–H groups in total. The molecule has 3 rings (SSSR count). The number of rotatable bonds is 2. The molecule has 0 unspecified atom stereocenters. The Morgan fingerprint density at radius 1 is 1.22 bits per heavy atom. The lowest BCUT2D eigenvalue weighted by atomic mass is 10.2. The van der Waals surface area contributed by atoms with E-state index in [0.717, 1.165) is 11.3 Å². The molecule has 7 heteroatoms. The van der Waals surface area contributed by atoms with Gasteiger partial charge in [0.05, 0.1) is 15.7 Å². The normalized spacial score (nSPS) is 17.3. The molecule has 1 saturated heterocycles. The van der Waals surface area contributed by atoms with E-state index in [9.17, 15) is 9.18 Å². The van der Waals surface area contributed by atoms with Gasteiger partial charge in [-0.15, -0.1) is 11.8 Å². The van der Waals surface area contributed by atoms with Crippen molar-refractivity contribution in [1.82, 2.24) is 4.90 Å². The van der Waals surface area contributed by atoms with Crippen LogP contribution in [-0.2, 0) is 0 Å². The van der Waals surface area contributed by atoms with E-state index in [0.29, 0.717) is 22.3 Å². The fraction of sp³-hybridized carbons (Fsp3) is 0.188. The molecule has 1 aliphatic rings. The average Bonchev–Trinajstić information content (AvgIpc) is 3.00. The Kier molecular flexibility index (Phi) is 4.99. The van der Waals surface area contributed by atoms with Crippen molar-refractivity contribution in [3.63, 3.8) is 0 Å². The van der Waals surface area contributed by atoms with Crippen molar-refractivity contribution in [2.24, 2.45) is 0 Å². The zero-order valence-electron chi connectivity index (χ0n) is 11.9. The molecule has 0 bridgehead atoms. The van der Waals surface area contributed by atoms with E-state index in [2.05, 4.69) is 5.32 Å². The lowest BCUT2D eigenvalue weighted by Gasteiger charge is -2.25. The van der Waals surface area contributed by atoms with Crippen molar-refractivity contribution < 1.29 is 9.18 Å². The molecule has 1 atom stereocenters. The SMILES string of the molecule is O=C(Nc1c(Cl)cccc1Cl)N1CCS[C@H]1c1cccc(F)c1. The van der Waals surface area contributed by atoms with Crippen LogP contribution in [0.2, 0.25) is 10.0 Å². The van der Waals surface area contributed by atoms with E-state index in [-0.39, 0.29) is 17.2 Å². The number of benzene rings is 2. The summed E-state index contributed by atoms with van der Waals surface area (Å²) in [6.07, 6.45) is 0. The highest BCUT2D eigenvalue weighted by Gasteiger charge is 2.31. The summed E-state index contributed by atoms with van der Waals surface area (Å²) in [5.74, 6) is 0.467. The van der Waals surface area contributed by atoms with Crippen molar-refractivity contribution in [3.8, 4) is 0 Å². The van der Waals surface area contributed by atoms with Gasteiger partial charge in [0.15, 0.2) is 0 Å². The first-order chi connectivity index (χ1) is 11.1. The number of carbonyl (C=O) groups is 1. The number of para-hydroxylation sites is 1. The minimum atomic E-state index is -0.315. The summed E-state index contributed by atoms with van der Waals surface area (Å²) in [5.41, 5.74) is 1.14. The Balaban J connectivity index is 1.81. The van der Waals surface area contributed by atoms with E-state index in [1.54, 1.807) is 40.9 Å². The van der Waals surface area contributed by atoms with Crippen molar-refractivity contribution in [1.29, 1.82) is 0 Å². The first-order valence-corrected chi connectivity index (χ1v) is 8.75. The number of hydrogen-bond acceptors (Lipinski definition) is 2. The van der Waals surface area contributed by atoms with Crippen molar-refractivity contribution in [2.45, 2.75) is 5.37 Å². The zero-order chi connectivity index (χ0) is 16.4. The number of halogens is 3. The maximum Gasteiger partial charge on any atom is 0.323 e. The third kappa shape index (κ3) is 3.57. The van der Waals surface area contributed by atoms with Gasteiger partial charge in [-0.1, -0.05) is 41.4 Å². The number of carbonyl (C=O) groups excluding carboxylic acids is 1. The smallest absolute Gasteiger partial charge is 0.308 e. The molecule has 0 aromatic heterocycles. The number of nitrogens with zero attached hydrogens (tertiary/aromatic N) is 1. The lowest BCUT2D eigenvalue weighted by molar-refractivity contribution is 0.214. The molecule has 0 spiro atoms.